The number of rotatable bonds is 3. The Kier molecular flexibility index (Phi) is 3.87. The fourth-order valence-corrected chi connectivity index (χ4v) is 2.43. The summed E-state index contributed by atoms with van der Waals surface area (Å²) in [5.74, 6) is -0.162. The van der Waals surface area contributed by atoms with Crippen LogP contribution < -0.4 is 10.3 Å². The number of hydrogen-bond acceptors (Lipinski definition) is 5. The maximum absolute atomic E-state index is 12.3. The first-order valence-corrected chi connectivity index (χ1v) is 7.17. The van der Waals surface area contributed by atoms with Crippen molar-refractivity contribution in [1.29, 1.82) is 0 Å². The molecule has 0 spiro atoms. The smallest absolute Gasteiger partial charge is 0.331 e. The van der Waals surface area contributed by atoms with Crippen LogP contribution in [0.4, 0.5) is 0 Å². The summed E-state index contributed by atoms with van der Waals surface area (Å²) in [6.07, 6.45) is 2.73. The molecule has 118 valence electrons. The number of carbonyl (C=O) groups is 1. The molecule has 0 unspecified atom stereocenters. The number of fused-ring (bicyclic) bond motifs is 1. The lowest BCUT2D eigenvalue weighted by atomic mass is 10.2. The van der Waals surface area contributed by atoms with Gasteiger partial charge in [-0.3, -0.25) is 14.0 Å². The highest BCUT2D eigenvalue weighted by Crippen LogP contribution is 2.21. The number of halogens is 1. The first-order chi connectivity index (χ1) is 11.0. The average molecular weight is 333 g/mol. The number of hydrogen-bond donors (Lipinski definition) is 0. The molecule has 0 aliphatic carbocycles. The topological polar surface area (TPSA) is 79.0 Å². The second kappa shape index (κ2) is 5.85. The zero-order valence-corrected chi connectivity index (χ0v) is 13.2. The van der Waals surface area contributed by atoms with Crippen LogP contribution in [-0.2, 0) is 18.4 Å². The Morgan fingerprint density at radius 2 is 2.17 bits per heavy atom. The number of ether oxygens (including phenoxy) is 1. The minimum absolute atomic E-state index is 0.237. The monoisotopic (exact) mass is 332 g/mol. The third-order valence-electron chi connectivity index (χ3n) is 3.38. The summed E-state index contributed by atoms with van der Waals surface area (Å²) in [6.45, 7) is 1.54. The van der Waals surface area contributed by atoms with Gasteiger partial charge in [0.05, 0.1) is 6.20 Å². The molecular weight excluding hydrogens is 320 g/mol. The van der Waals surface area contributed by atoms with Gasteiger partial charge in [-0.1, -0.05) is 11.6 Å². The van der Waals surface area contributed by atoms with Crippen molar-refractivity contribution in [3.05, 3.63) is 51.7 Å². The van der Waals surface area contributed by atoms with Crippen LogP contribution in [0.15, 0.2) is 35.5 Å². The average Bonchev–Trinajstić information content (AvgIpc) is 2.87. The van der Waals surface area contributed by atoms with Crippen molar-refractivity contribution in [1.82, 2.24) is 19.3 Å². The zero-order chi connectivity index (χ0) is 16.6. The van der Waals surface area contributed by atoms with Gasteiger partial charge >= 0.3 is 5.97 Å². The summed E-state index contributed by atoms with van der Waals surface area (Å²) < 4.78 is 7.96. The van der Waals surface area contributed by atoms with Crippen molar-refractivity contribution in [2.24, 2.45) is 7.05 Å². The number of nitrogens with zero attached hydrogens (tertiary/aromatic N) is 4. The summed E-state index contributed by atoms with van der Waals surface area (Å²) >= 11 is 5.86. The van der Waals surface area contributed by atoms with Crippen molar-refractivity contribution in [2.75, 3.05) is 0 Å². The number of esters is 1. The Labute approximate surface area is 136 Å². The third-order valence-corrected chi connectivity index (χ3v) is 3.61. The molecule has 0 fully saturated rings. The van der Waals surface area contributed by atoms with Gasteiger partial charge in [-0.15, -0.1) is 0 Å². The van der Waals surface area contributed by atoms with Crippen LogP contribution in [-0.4, -0.2) is 25.3 Å². The van der Waals surface area contributed by atoms with E-state index in [1.54, 1.807) is 32.2 Å². The summed E-state index contributed by atoms with van der Waals surface area (Å²) in [4.78, 5) is 28.5. The highest BCUT2D eigenvalue weighted by atomic mass is 35.5. The number of aromatic nitrogens is 4. The third kappa shape index (κ3) is 2.95. The largest absolute Gasteiger partial charge is 0.425 e. The lowest BCUT2D eigenvalue weighted by Gasteiger charge is -2.08. The van der Waals surface area contributed by atoms with E-state index in [0.717, 1.165) is 5.56 Å². The minimum atomic E-state index is -0.567. The molecule has 2 heterocycles. The summed E-state index contributed by atoms with van der Waals surface area (Å²) in [5.41, 5.74) is 0.861. The summed E-state index contributed by atoms with van der Waals surface area (Å²) in [6, 6.07) is 4.94. The molecule has 0 amide bonds. The molecule has 1 aromatic carbocycles. The molecule has 0 radical (unpaired) electrons. The fraction of sp³-hybridized carbons (Fsp3) is 0.200. The lowest BCUT2D eigenvalue weighted by Crippen LogP contribution is -2.27. The SMILES string of the molecule is Cc1cc(Cl)ccc1OC(=O)Cn1cnc2c(cnn2C)c1=O. The van der Waals surface area contributed by atoms with Gasteiger partial charge in [0.25, 0.3) is 5.56 Å². The fourth-order valence-electron chi connectivity index (χ4n) is 2.20. The van der Waals surface area contributed by atoms with E-state index in [9.17, 15) is 9.59 Å². The first-order valence-electron chi connectivity index (χ1n) is 6.79. The van der Waals surface area contributed by atoms with Crippen molar-refractivity contribution in [3.8, 4) is 5.75 Å². The van der Waals surface area contributed by atoms with Gasteiger partial charge in [-0.2, -0.15) is 5.10 Å². The van der Waals surface area contributed by atoms with Crippen LogP contribution in [0.1, 0.15) is 5.56 Å². The Morgan fingerprint density at radius 1 is 1.39 bits per heavy atom. The normalized spacial score (nSPS) is 10.9. The van der Waals surface area contributed by atoms with Crippen LogP contribution in [0.3, 0.4) is 0 Å². The lowest BCUT2D eigenvalue weighted by molar-refractivity contribution is -0.135. The molecule has 3 aromatic rings. The van der Waals surface area contributed by atoms with Gasteiger partial charge in [-0.25, -0.2) is 9.78 Å². The molecule has 0 aliphatic rings. The van der Waals surface area contributed by atoms with Crippen LogP contribution in [0.25, 0.3) is 11.0 Å². The van der Waals surface area contributed by atoms with E-state index >= 15 is 0 Å². The Bertz CT molecular complexity index is 961. The van der Waals surface area contributed by atoms with Crippen LogP contribution >= 0.6 is 11.6 Å². The number of benzene rings is 1. The van der Waals surface area contributed by atoms with E-state index in [2.05, 4.69) is 10.1 Å². The number of aryl methyl sites for hydroxylation is 2. The van der Waals surface area contributed by atoms with Gasteiger partial charge in [0.15, 0.2) is 5.65 Å². The van der Waals surface area contributed by atoms with Gasteiger partial charge in [0.1, 0.15) is 24.0 Å². The van der Waals surface area contributed by atoms with Crippen LogP contribution in [0.5, 0.6) is 5.75 Å². The maximum Gasteiger partial charge on any atom is 0.331 e. The maximum atomic E-state index is 12.3. The second-order valence-electron chi connectivity index (χ2n) is 5.07. The van der Waals surface area contributed by atoms with Crippen molar-refractivity contribution < 1.29 is 9.53 Å². The van der Waals surface area contributed by atoms with Crippen LogP contribution in [0.2, 0.25) is 5.02 Å². The Balaban J connectivity index is 1.83. The quantitative estimate of drug-likeness (QED) is 0.539. The van der Waals surface area contributed by atoms with Crippen molar-refractivity contribution in [3.63, 3.8) is 0 Å². The highest BCUT2D eigenvalue weighted by Gasteiger charge is 2.13. The summed E-state index contributed by atoms with van der Waals surface area (Å²) in [7, 11) is 1.69. The van der Waals surface area contributed by atoms with E-state index in [1.165, 1.54) is 21.8 Å². The second-order valence-corrected chi connectivity index (χ2v) is 5.50. The molecule has 7 nitrogen and oxygen atoms in total. The molecule has 0 saturated carbocycles. The predicted octanol–water partition coefficient (Wildman–Crippen LogP) is 1.70. The minimum Gasteiger partial charge on any atom is -0.425 e. The van der Waals surface area contributed by atoms with Crippen molar-refractivity contribution in [2.45, 2.75) is 13.5 Å². The van der Waals surface area contributed by atoms with Crippen molar-refractivity contribution >= 4 is 28.6 Å². The Morgan fingerprint density at radius 3 is 2.91 bits per heavy atom. The van der Waals surface area contributed by atoms with E-state index in [4.69, 9.17) is 16.3 Å². The molecule has 23 heavy (non-hydrogen) atoms. The first kappa shape index (κ1) is 15.2. The molecule has 0 N–H and O–H groups in total. The van der Waals surface area contributed by atoms with Gasteiger partial charge < -0.3 is 4.74 Å². The molecule has 3 rings (SSSR count). The van der Waals surface area contributed by atoms with E-state index < -0.39 is 5.97 Å². The predicted molar refractivity (Wildman–Crippen MR) is 84.6 cm³/mol. The standard InChI is InChI=1S/C15H13ClN4O3/c1-9-5-10(16)3-4-12(9)23-13(21)7-20-8-17-14-11(15(20)22)6-18-19(14)2/h3-6,8H,7H2,1-2H3. The van der Waals surface area contributed by atoms with Crippen LogP contribution in [0, 0.1) is 6.92 Å². The van der Waals surface area contributed by atoms with E-state index in [-0.39, 0.29) is 12.1 Å². The van der Waals surface area contributed by atoms with Gasteiger partial charge in [-0.05, 0) is 30.7 Å². The van der Waals surface area contributed by atoms with E-state index in [0.29, 0.717) is 21.8 Å². The molecular formula is C15H13ClN4O3. The highest BCUT2D eigenvalue weighted by molar-refractivity contribution is 6.30. The molecule has 2 aromatic heterocycles. The molecule has 0 saturated heterocycles. The van der Waals surface area contributed by atoms with E-state index in [1.807, 2.05) is 0 Å². The zero-order valence-electron chi connectivity index (χ0n) is 12.5. The molecule has 0 bridgehead atoms. The molecule has 0 aliphatic heterocycles. The molecule has 0 atom stereocenters. The Hall–Kier alpha value is -2.67. The number of carbonyl (C=O) groups excluding carboxylic acids is 1. The van der Waals surface area contributed by atoms with Gasteiger partial charge in [0.2, 0.25) is 0 Å². The summed E-state index contributed by atoms with van der Waals surface area (Å²) in [5, 5.41) is 4.89. The molecule has 8 heteroatoms. The van der Waals surface area contributed by atoms with Gasteiger partial charge in [0, 0.05) is 12.1 Å².